The summed E-state index contributed by atoms with van der Waals surface area (Å²) in [6, 6.07) is 8.70. The van der Waals surface area contributed by atoms with E-state index in [0.717, 1.165) is 12.3 Å². The quantitative estimate of drug-likeness (QED) is 0.718. The number of benzene rings is 1. The molecule has 2 aromatic rings. The summed E-state index contributed by atoms with van der Waals surface area (Å²) in [4.78, 5) is 15.8. The largest absolute Gasteiger partial charge is 0.474 e. The van der Waals surface area contributed by atoms with Crippen molar-refractivity contribution in [2.75, 3.05) is 5.32 Å². The van der Waals surface area contributed by atoms with Crippen molar-refractivity contribution in [2.24, 2.45) is 0 Å². The Balaban J connectivity index is 1.43. The molecule has 2 amide bonds. The maximum absolute atomic E-state index is 12.6. The molecule has 28 heavy (non-hydrogen) atoms. The first-order chi connectivity index (χ1) is 13.3. The van der Waals surface area contributed by atoms with Gasteiger partial charge in [-0.15, -0.1) is 0 Å². The zero-order chi connectivity index (χ0) is 20.1. The van der Waals surface area contributed by atoms with Crippen molar-refractivity contribution >= 4 is 23.3 Å². The zero-order valence-corrected chi connectivity index (χ0v) is 15.6. The molecule has 0 radical (unpaired) electrons. The van der Waals surface area contributed by atoms with Crippen molar-refractivity contribution in [2.45, 2.75) is 44.0 Å². The number of nitrogens with zero attached hydrogens (tertiary/aromatic N) is 1. The average molecular weight is 414 g/mol. The maximum atomic E-state index is 12.6. The van der Waals surface area contributed by atoms with Gasteiger partial charge in [0.2, 0.25) is 5.88 Å². The molecule has 0 aliphatic heterocycles. The van der Waals surface area contributed by atoms with E-state index in [9.17, 15) is 18.0 Å². The highest BCUT2D eigenvalue weighted by atomic mass is 35.5. The van der Waals surface area contributed by atoms with Crippen molar-refractivity contribution in [1.82, 2.24) is 10.3 Å². The lowest BCUT2D eigenvalue weighted by Crippen LogP contribution is -2.41. The van der Waals surface area contributed by atoms with Crippen LogP contribution in [-0.4, -0.2) is 23.2 Å². The number of rotatable bonds is 4. The van der Waals surface area contributed by atoms with Gasteiger partial charge in [0.25, 0.3) is 0 Å². The topological polar surface area (TPSA) is 63.2 Å². The number of hydrogen-bond acceptors (Lipinski definition) is 3. The minimum atomic E-state index is -4.41. The third-order valence-electron chi connectivity index (χ3n) is 4.46. The molecule has 0 saturated heterocycles. The fourth-order valence-electron chi connectivity index (χ4n) is 3.00. The Labute approximate surface area is 165 Å². The van der Waals surface area contributed by atoms with Crippen molar-refractivity contribution in [3.8, 4) is 5.88 Å². The van der Waals surface area contributed by atoms with Crippen molar-refractivity contribution in [3.63, 3.8) is 0 Å². The smallest absolute Gasteiger partial charge is 0.417 e. The van der Waals surface area contributed by atoms with Crippen LogP contribution in [0.4, 0.5) is 23.7 Å². The van der Waals surface area contributed by atoms with Crippen LogP contribution in [0.1, 0.15) is 31.2 Å². The van der Waals surface area contributed by atoms with E-state index in [-0.39, 0.29) is 24.1 Å². The summed E-state index contributed by atoms with van der Waals surface area (Å²) < 4.78 is 43.3. The van der Waals surface area contributed by atoms with Crippen LogP contribution in [0.3, 0.4) is 0 Å². The van der Waals surface area contributed by atoms with Gasteiger partial charge in [0, 0.05) is 29.0 Å². The van der Waals surface area contributed by atoms with Crippen LogP contribution in [0.5, 0.6) is 5.88 Å². The molecule has 9 heteroatoms. The number of anilines is 1. The Hall–Kier alpha value is -2.48. The first kappa shape index (κ1) is 20.3. The molecule has 1 heterocycles. The summed E-state index contributed by atoms with van der Waals surface area (Å²) in [5, 5.41) is 6.24. The van der Waals surface area contributed by atoms with Crippen LogP contribution in [0.25, 0.3) is 0 Å². The highest BCUT2D eigenvalue weighted by molar-refractivity contribution is 6.30. The van der Waals surface area contributed by atoms with Crippen LogP contribution in [0.2, 0.25) is 5.02 Å². The van der Waals surface area contributed by atoms with E-state index in [2.05, 4.69) is 15.6 Å². The third-order valence-corrected chi connectivity index (χ3v) is 4.71. The molecule has 0 spiro atoms. The Morgan fingerprint density at radius 1 is 1.07 bits per heavy atom. The second kappa shape index (κ2) is 8.68. The molecule has 1 fully saturated rings. The Morgan fingerprint density at radius 3 is 2.32 bits per heavy atom. The number of alkyl halides is 3. The van der Waals surface area contributed by atoms with Crippen LogP contribution >= 0.6 is 11.6 Å². The van der Waals surface area contributed by atoms with Gasteiger partial charge in [-0.1, -0.05) is 11.6 Å². The minimum Gasteiger partial charge on any atom is -0.474 e. The van der Waals surface area contributed by atoms with E-state index < -0.39 is 11.7 Å². The number of nitrogens with one attached hydrogen (secondary N) is 2. The summed E-state index contributed by atoms with van der Waals surface area (Å²) in [6.45, 7) is 0. The van der Waals surface area contributed by atoms with E-state index >= 15 is 0 Å². The molecule has 0 bridgehead atoms. The van der Waals surface area contributed by atoms with E-state index in [1.54, 1.807) is 24.3 Å². The monoisotopic (exact) mass is 413 g/mol. The van der Waals surface area contributed by atoms with E-state index in [0.29, 0.717) is 36.4 Å². The standard InChI is InChI=1S/C19H19ClF3N3O2/c20-13-2-4-14(5-3-13)25-18(27)26-15-6-8-16(9-7-15)28-17-10-1-12(11-24-17)19(21,22)23/h1-5,10-11,15-16H,6-9H2,(H2,25,26,27). The van der Waals surface area contributed by atoms with Gasteiger partial charge >= 0.3 is 12.2 Å². The number of carbonyl (C=O) groups is 1. The van der Waals surface area contributed by atoms with Gasteiger partial charge in [0.15, 0.2) is 0 Å². The summed E-state index contributed by atoms with van der Waals surface area (Å²) in [5.74, 6) is 0.171. The third kappa shape index (κ3) is 5.76. The first-order valence-electron chi connectivity index (χ1n) is 8.82. The molecule has 1 aromatic carbocycles. The van der Waals surface area contributed by atoms with E-state index in [1.165, 1.54) is 6.07 Å². The highest BCUT2D eigenvalue weighted by Gasteiger charge is 2.31. The number of carbonyl (C=O) groups excluding carboxylic acids is 1. The second-order valence-corrected chi connectivity index (χ2v) is 7.02. The van der Waals surface area contributed by atoms with Gasteiger partial charge in [0.1, 0.15) is 6.10 Å². The lowest BCUT2D eigenvalue weighted by molar-refractivity contribution is -0.137. The molecule has 1 aromatic heterocycles. The zero-order valence-electron chi connectivity index (χ0n) is 14.8. The fourth-order valence-corrected chi connectivity index (χ4v) is 3.13. The van der Waals surface area contributed by atoms with Crippen LogP contribution in [-0.2, 0) is 6.18 Å². The van der Waals surface area contributed by atoms with Gasteiger partial charge in [-0.05, 0) is 56.0 Å². The molecule has 2 N–H and O–H groups in total. The summed E-state index contributed by atoms with van der Waals surface area (Å²) in [5.41, 5.74) is -0.160. The normalized spacial score (nSPS) is 19.7. The Bertz CT molecular complexity index is 790. The lowest BCUT2D eigenvalue weighted by Gasteiger charge is -2.29. The minimum absolute atomic E-state index is 0.00714. The van der Waals surface area contributed by atoms with E-state index in [1.807, 2.05) is 0 Å². The van der Waals surface area contributed by atoms with Gasteiger partial charge in [-0.3, -0.25) is 0 Å². The predicted molar refractivity (Wildman–Crippen MR) is 99.5 cm³/mol. The Morgan fingerprint density at radius 2 is 1.75 bits per heavy atom. The lowest BCUT2D eigenvalue weighted by atomic mass is 9.93. The second-order valence-electron chi connectivity index (χ2n) is 6.58. The van der Waals surface area contributed by atoms with Crippen molar-refractivity contribution in [1.29, 1.82) is 0 Å². The number of hydrogen-bond donors (Lipinski definition) is 2. The number of amides is 2. The molecule has 1 aliphatic rings. The molecule has 1 aliphatic carbocycles. The van der Waals surface area contributed by atoms with Crippen molar-refractivity contribution in [3.05, 3.63) is 53.2 Å². The van der Waals surface area contributed by atoms with Crippen LogP contribution in [0, 0.1) is 0 Å². The average Bonchev–Trinajstić information content (AvgIpc) is 2.65. The molecule has 5 nitrogen and oxygen atoms in total. The van der Waals surface area contributed by atoms with Crippen molar-refractivity contribution < 1.29 is 22.7 Å². The number of ether oxygens (including phenoxy) is 1. The summed E-state index contributed by atoms with van der Waals surface area (Å²) in [7, 11) is 0. The van der Waals surface area contributed by atoms with Gasteiger partial charge in [-0.2, -0.15) is 13.2 Å². The molecule has 0 atom stereocenters. The number of urea groups is 1. The van der Waals surface area contributed by atoms with Crippen LogP contribution < -0.4 is 15.4 Å². The summed E-state index contributed by atoms with van der Waals surface area (Å²) >= 11 is 5.81. The van der Waals surface area contributed by atoms with Gasteiger partial charge < -0.3 is 15.4 Å². The number of pyridine rings is 1. The highest BCUT2D eigenvalue weighted by Crippen LogP contribution is 2.30. The van der Waals surface area contributed by atoms with E-state index in [4.69, 9.17) is 16.3 Å². The molecule has 1 saturated carbocycles. The fraction of sp³-hybridized carbons (Fsp3) is 0.368. The molecule has 0 unspecified atom stereocenters. The molecule has 150 valence electrons. The number of halogens is 4. The molecule has 3 rings (SSSR count). The first-order valence-corrected chi connectivity index (χ1v) is 9.20. The molecular formula is C19H19ClF3N3O2. The molecular weight excluding hydrogens is 395 g/mol. The van der Waals surface area contributed by atoms with Crippen LogP contribution in [0.15, 0.2) is 42.6 Å². The predicted octanol–water partition coefficient (Wildman–Crippen LogP) is 5.27. The number of aromatic nitrogens is 1. The Kier molecular flexibility index (Phi) is 6.28. The van der Waals surface area contributed by atoms with Gasteiger partial charge in [0.05, 0.1) is 5.56 Å². The SMILES string of the molecule is O=C(Nc1ccc(Cl)cc1)NC1CCC(Oc2ccc(C(F)(F)F)cn2)CC1. The maximum Gasteiger partial charge on any atom is 0.417 e. The van der Waals surface area contributed by atoms with Gasteiger partial charge in [-0.25, -0.2) is 9.78 Å². The summed E-state index contributed by atoms with van der Waals surface area (Å²) in [6.07, 6.45) is -1.02.